The summed E-state index contributed by atoms with van der Waals surface area (Å²) in [6.45, 7) is 0. The van der Waals surface area contributed by atoms with Gasteiger partial charge >= 0.3 is 12.3 Å². The fourth-order valence-electron chi connectivity index (χ4n) is 1.59. The summed E-state index contributed by atoms with van der Waals surface area (Å²) in [6.07, 6.45) is -3.92. The number of rotatable bonds is 3. The van der Waals surface area contributed by atoms with Crippen LogP contribution in [0, 0.1) is 0 Å². The van der Waals surface area contributed by atoms with E-state index in [-0.39, 0.29) is 26.8 Å². The topological polar surface area (TPSA) is 37.8 Å². The maximum Gasteiger partial charge on any atom is 0.365 e. The van der Waals surface area contributed by atoms with Crippen molar-refractivity contribution in [3.63, 3.8) is 0 Å². The molecule has 0 saturated carbocycles. The molecule has 0 fully saturated rings. The van der Waals surface area contributed by atoms with E-state index in [0.29, 0.717) is 0 Å². The minimum absolute atomic E-state index is 0.0299. The van der Waals surface area contributed by atoms with E-state index in [2.05, 4.69) is 15.3 Å². The van der Waals surface area contributed by atoms with E-state index >= 15 is 0 Å². The Balaban J connectivity index is 2.79. The van der Waals surface area contributed by atoms with Gasteiger partial charge < -0.3 is 5.32 Å². The maximum absolute atomic E-state index is 13.4. The molecule has 2 aromatic rings. The summed E-state index contributed by atoms with van der Waals surface area (Å²) in [4.78, 5) is 6.87. The molecule has 0 aliphatic carbocycles. The van der Waals surface area contributed by atoms with Crippen LogP contribution < -0.4 is 5.32 Å². The van der Waals surface area contributed by atoms with Crippen LogP contribution in [0.3, 0.4) is 0 Å². The van der Waals surface area contributed by atoms with Crippen LogP contribution in [0.25, 0.3) is 10.9 Å². The van der Waals surface area contributed by atoms with Gasteiger partial charge in [-0.15, -0.1) is 0 Å². The highest BCUT2D eigenvalue weighted by Crippen LogP contribution is 2.36. The predicted octanol–water partition coefficient (Wildman–Crippen LogP) is 4.34. The van der Waals surface area contributed by atoms with Gasteiger partial charge in [-0.2, -0.15) is 8.78 Å². The van der Waals surface area contributed by atoms with Crippen molar-refractivity contribution in [2.24, 2.45) is 0 Å². The first-order chi connectivity index (χ1) is 9.27. The van der Waals surface area contributed by atoms with Crippen LogP contribution in [-0.2, 0) is 5.92 Å². The molecule has 0 saturated heterocycles. The highest BCUT2D eigenvalue weighted by Gasteiger charge is 2.46. The van der Waals surface area contributed by atoms with E-state index in [0.717, 1.165) is 0 Å². The first kappa shape index (κ1) is 15.1. The number of alkyl halides is 4. The first-order valence-corrected chi connectivity index (χ1v) is 6.04. The molecule has 20 heavy (non-hydrogen) atoms. The third kappa shape index (κ3) is 2.47. The summed E-state index contributed by atoms with van der Waals surface area (Å²) < 4.78 is 51.5. The first-order valence-electron chi connectivity index (χ1n) is 5.28. The lowest BCUT2D eigenvalue weighted by molar-refractivity contribution is -0.140. The van der Waals surface area contributed by atoms with Gasteiger partial charge in [-0.25, -0.2) is 18.7 Å². The molecule has 1 heterocycles. The SMILES string of the molecule is CNc1nc(C(F)(F)C(F)F)nc2c(Cl)cc(Cl)cc12. The molecule has 108 valence electrons. The van der Waals surface area contributed by atoms with Crippen molar-refractivity contribution in [3.8, 4) is 0 Å². The van der Waals surface area contributed by atoms with E-state index in [9.17, 15) is 17.6 Å². The number of hydrogen-bond acceptors (Lipinski definition) is 3. The van der Waals surface area contributed by atoms with Gasteiger partial charge in [0.05, 0.1) is 10.5 Å². The molecule has 0 aliphatic heterocycles. The summed E-state index contributed by atoms with van der Waals surface area (Å²) in [5.41, 5.74) is -0.0780. The average molecular weight is 328 g/mol. The molecular weight excluding hydrogens is 321 g/mol. The Morgan fingerprint density at radius 2 is 1.85 bits per heavy atom. The van der Waals surface area contributed by atoms with Gasteiger partial charge in [0.25, 0.3) is 0 Å². The molecule has 9 heteroatoms. The molecule has 3 nitrogen and oxygen atoms in total. The van der Waals surface area contributed by atoms with Crippen LogP contribution in [0.5, 0.6) is 0 Å². The second-order valence-electron chi connectivity index (χ2n) is 3.85. The summed E-state index contributed by atoms with van der Waals surface area (Å²) in [7, 11) is 1.40. The molecule has 0 aliphatic rings. The summed E-state index contributed by atoms with van der Waals surface area (Å²) in [5, 5.41) is 3.01. The lowest BCUT2D eigenvalue weighted by atomic mass is 10.2. The van der Waals surface area contributed by atoms with Crippen LogP contribution in [0.15, 0.2) is 12.1 Å². The minimum Gasteiger partial charge on any atom is -0.373 e. The molecule has 0 amide bonds. The zero-order chi connectivity index (χ0) is 15.1. The lowest BCUT2D eigenvalue weighted by Crippen LogP contribution is -2.26. The van der Waals surface area contributed by atoms with Crippen LogP contribution in [-0.4, -0.2) is 23.4 Å². The van der Waals surface area contributed by atoms with Gasteiger partial charge in [-0.3, -0.25) is 0 Å². The third-order valence-corrected chi connectivity index (χ3v) is 3.03. The summed E-state index contributed by atoms with van der Waals surface area (Å²) in [5.74, 6) is -5.83. The largest absolute Gasteiger partial charge is 0.373 e. The number of benzene rings is 1. The van der Waals surface area contributed by atoms with Crippen LogP contribution in [0.1, 0.15) is 5.82 Å². The second-order valence-corrected chi connectivity index (χ2v) is 4.70. The molecular formula is C11H7Cl2F4N3. The van der Waals surface area contributed by atoms with Crippen LogP contribution >= 0.6 is 23.2 Å². The second kappa shape index (κ2) is 5.21. The van der Waals surface area contributed by atoms with Gasteiger partial charge in [0, 0.05) is 17.5 Å². The maximum atomic E-state index is 13.4. The fourth-order valence-corrected chi connectivity index (χ4v) is 2.13. The van der Waals surface area contributed by atoms with Gasteiger partial charge in [-0.1, -0.05) is 23.2 Å². The van der Waals surface area contributed by atoms with Gasteiger partial charge in [0.2, 0.25) is 5.82 Å². The Morgan fingerprint density at radius 1 is 1.20 bits per heavy atom. The quantitative estimate of drug-likeness (QED) is 0.852. The normalized spacial score (nSPS) is 12.2. The zero-order valence-corrected chi connectivity index (χ0v) is 11.4. The Kier molecular flexibility index (Phi) is 3.93. The van der Waals surface area contributed by atoms with Gasteiger partial charge in [0.15, 0.2) is 0 Å². The smallest absolute Gasteiger partial charge is 0.365 e. The van der Waals surface area contributed by atoms with Crippen molar-refractivity contribution in [1.82, 2.24) is 9.97 Å². The monoisotopic (exact) mass is 327 g/mol. The van der Waals surface area contributed by atoms with E-state index in [1.165, 1.54) is 19.2 Å². The number of fused-ring (bicyclic) bond motifs is 1. The van der Waals surface area contributed by atoms with E-state index in [1.54, 1.807) is 0 Å². The Hall–Kier alpha value is -1.34. The highest BCUT2D eigenvalue weighted by atomic mass is 35.5. The number of anilines is 1. The lowest BCUT2D eigenvalue weighted by Gasteiger charge is -2.16. The molecule has 0 bridgehead atoms. The van der Waals surface area contributed by atoms with Crippen molar-refractivity contribution in [2.75, 3.05) is 12.4 Å². The number of nitrogens with zero attached hydrogens (tertiary/aromatic N) is 2. The van der Waals surface area contributed by atoms with Gasteiger partial charge in [0.1, 0.15) is 5.82 Å². The van der Waals surface area contributed by atoms with Crippen molar-refractivity contribution < 1.29 is 17.6 Å². The Labute approximate surface area is 120 Å². The van der Waals surface area contributed by atoms with E-state index in [4.69, 9.17) is 23.2 Å². The summed E-state index contributed by atoms with van der Waals surface area (Å²) in [6, 6.07) is 2.68. The van der Waals surface area contributed by atoms with Crippen molar-refractivity contribution in [3.05, 3.63) is 28.0 Å². The Morgan fingerprint density at radius 3 is 2.40 bits per heavy atom. The van der Waals surface area contributed by atoms with E-state index in [1.807, 2.05) is 0 Å². The van der Waals surface area contributed by atoms with Crippen molar-refractivity contribution in [1.29, 1.82) is 0 Å². The third-order valence-electron chi connectivity index (χ3n) is 2.53. The molecule has 0 spiro atoms. The number of aromatic nitrogens is 2. The summed E-state index contributed by atoms with van der Waals surface area (Å²) >= 11 is 11.7. The van der Waals surface area contributed by atoms with Crippen molar-refractivity contribution >= 4 is 39.9 Å². The molecule has 1 aromatic heterocycles. The standard InChI is InChI=1S/C11H7Cl2F4N3/c1-18-8-5-2-4(12)3-6(13)7(5)19-10(20-8)11(16,17)9(14)15/h2-3,9H,1H3,(H,18,19,20). The highest BCUT2D eigenvalue weighted by molar-refractivity contribution is 6.38. The number of hydrogen-bond donors (Lipinski definition) is 1. The number of nitrogens with one attached hydrogen (secondary N) is 1. The zero-order valence-electron chi connectivity index (χ0n) is 9.89. The van der Waals surface area contributed by atoms with Gasteiger partial charge in [-0.05, 0) is 12.1 Å². The molecule has 0 radical (unpaired) electrons. The Bertz CT molecular complexity index is 664. The average Bonchev–Trinajstić information content (AvgIpc) is 2.37. The van der Waals surface area contributed by atoms with Crippen LogP contribution in [0.4, 0.5) is 23.4 Å². The molecule has 2 rings (SSSR count). The van der Waals surface area contributed by atoms with Crippen LogP contribution in [0.2, 0.25) is 10.0 Å². The number of halogens is 6. The van der Waals surface area contributed by atoms with E-state index < -0.39 is 18.2 Å². The molecule has 0 atom stereocenters. The molecule has 0 unspecified atom stereocenters. The molecule has 1 aromatic carbocycles. The fraction of sp³-hybridized carbons (Fsp3) is 0.273. The van der Waals surface area contributed by atoms with Crippen molar-refractivity contribution in [2.45, 2.75) is 12.3 Å². The molecule has 1 N–H and O–H groups in total. The predicted molar refractivity (Wildman–Crippen MR) is 69.0 cm³/mol. The minimum atomic E-state index is -4.47.